The topological polar surface area (TPSA) is 86.8 Å². The molecule has 1 aliphatic heterocycles. The second-order valence-electron chi connectivity index (χ2n) is 8.24. The molecule has 0 saturated carbocycles. The first kappa shape index (κ1) is 24.1. The van der Waals surface area contributed by atoms with Crippen LogP contribution in [0.5, 0.6) is 0 Å². The molecule has 0 aliphatic carbocycles. The average molecular weight is 458 g/mol. The predicted molar refractivity (Wildman–Crippen MR) is 125 cm³/mol. The highest BCUT2D eigenvalue weighted by Gasteiger charge is 2.29. The summed E-state index contributed by atoms with van der Waals surface area (Å²) in [6.07, 6.45) is 1.01. The first-order valence-electron chi connectivity index (χ1n) is 10.9. The minimum absolute atomic E-state index is 0.0258. The Hall–Kier alpha value is -2.55. The molecule has 8 heteroatoms. The Kier molecular flexibility index (Phi) is 7.82. The first-order chi connectivity index (χ1) is 15.2. The zero-order valence-electron chi connectivity index (χ0n) is 18.9. The third-order valence-corrected chi connectivity index (χ3v) is 7.89. The number of piperazine rings is 1. The fraction of sp³-hybridized carbons (Fsp3) is 0.417. The highest BCUT2D eigenvalue weighted by atomic mass is 32.2. The van der Waals surface area contributed by atoms with E-state index in [9.17, 15) is 18.0 Å². The van der Waals surface area contributed by atoms with Gasteiger partial charge in [-0.25, -0.2) is 8.42 Å². The molecule has 172 valence electrons. The lowest BCUT2D eigenvalue weighted by Crippen LogP contribution is -2.50. The lowest BCUT2D eigenvalue weighted by atomic mass is 9.99. The molecule has 1 heterocycles. The van der Waals surface area contributed by atoms with Crippen LogP contribution in [0.4, 0.5) is 5.69 Å². The molecule has 1 amide bonds. The highest BCUT2D eigenvalue weighted by molar-refractivity contribution is 7.89. The lowest BCUT2D eigenvalue weighted by molar-refractivity contribution is -0.117. The monoisotopic (exact) mass is 457 g/mol. The Bertz CT molecular complexity index is 1040. The highest BCUT2D eigenvalue weighted by Crippen LogP contribution is 2.23. The minimum Gasteiger partial charge on any atom is -0.325 e. The molecule has 0 spiro atoms. The molecule has 1 fully saturated rings. The van der Waals surface area contributed by atoms with Crippen molar-refractivity contribution in [3.63, 3.8) is 0 Å². The van der Waals surface area contributed by atoms with Crippen molar-refractivity contribution >= 4 is 27.4 Å². The Balaban J connectivity index is 1.52. The van der Waals surface area contributed by atoms with E-state index in [-0.39, 0.29) is 18.2 Å². The maximum absolute atomic E-state index is 13.0. The number of benzene rings is 2. The average Bonchev–Trinajstić information content (AvgIpc) is 2.79. The number of Topliss-reactive ketones (excluding diaryl/α,β-unsaturated/α-hetero) is 1. The minimum atomic E-state index is -3.54. The van der Waals surface area contributed by atoms with Crippen molar-refractivity contribution < 1.29 is 18.0 Å². The van der Waals surface area contributed by atoms with Gasteiger partial charge < -0.3 is 5.32 Å². The van der Waals surface area contributed by atoms with Crippen LogP contribution in [0.1, 0.15) is 49.0 Å². The molecule has 32 heavy (non-hydrogen) atoms. The maximum Gasteiger partial charge on any atom is 0.243 e. The molecule has 2 aromatic carbocycles. The number of hydrogen-bond acceptors (Lipinski definition) is 5. The molecule has 1 saturated heterocycles. The van der Waals surface area contributed by atoms with Gasteiger partial charge in [0.25, 0.3) is 0 Å². The summed E-state index contributed by atoms with van der Waals surface area (Å²) in [5, 5.41) is 2.82. The number of rotatable bonds is 8. The molecule has 1 N–H and O–H groups in total. The summed E-state index contributed by atoms with van der Waals surface area (Å²) in [5.74, 6) is 0.202. The van der Waals surface area contributed by atoms with E-state index in [0.29, 0.717) is 48.2 Å². The van der Waals surface area contributed by atoms with E-state index in [0.717, 1.165) is 12.0 Å². The van der Waals surface area contributed by atoms with Crippen molar-refractivity contribution in [3.05, 3.63) is 59.7 Å². The van der Waals surface area contributed by atoms with Gasteiger partial charge in [-0.1, -0.05) is 26.0 Å². The maximum atomic E-state index is 13.0. The van der Waals surface area contributed by atoms with E-state index in [1.54, 1.807) is 36.4 Å². The van der Waals surface area contributed by atoms with Crippen molar-refractivity contribution in [3.8, 4) is 0 Å². The Morgan fingerprint density at radius 3 is 2.09 bits per heavy atom. The van der Waals surface area contributed by atoms with Crippen LogP contribution < -0.4 is 5.32 Å². The first-order valence-corrected chi connectivity index (χ1v) is 12.4. The van der Waals surface area contributed by atoms with E-state index in [2.05, 4.69) is 19.2 Å². The molecule has 0 radical (unpaired) electrons. The van der Waals surface area contributed by atoms with Crippen molar-refractivity contribution in [2.75, 3.05) is 38.0 Å². The van der Waals surface area contributed by atoms with Crippen LogP contribution in [0.25, 0.3) is 0 Å². The summed E-state index contributed by atoms with van der Waals surface area (Å²) in [6.45, 7) is 7.58. The molecule has 0 unspecified atom stereocenters. The fourth-order valence-corrected chi connectivity index (χ4v) is 5.10. The van der Waals surface area contributed by atoms with Crippen LogP contribution in [-0.4, -0.2) is 62.0 Å². The normalized spacial score (nSPS) is 16.5. The SMILES string of the molecule is CC[C@H](C)c1ccc(S(=O)(=O)N2CCN(CC(=O)Nc3ccc(C(C)=O)cc3)CC2)cc1. The van der Waals surface area contributed by atoms with E-state index in [1.807, 2.05) is 17.0 Å². The molecular weight excluding hydrogens is 426 g/mol. The summed E-state index contributed by atoms with van der Waals surface area (Å²) < 4.78 is 27.5. The number of nitrogens with one attached hydrogen (secondary N) is 1. The standard InChI is InChI=1S/C24H31N3O4S/c1-4-18(2)20-7-11-23(12-8-20)32(30,31)27-15-13-26(14-16-27)17-24(29)25-22-9-5-21(6-10-22)19(3)28/h5-12,18H,4,13-17H2,1-3H3,(H,25,29)/t18-/m0/s1. The number of ketones is 1. The summed E-state index contributed by atoms with van der Waals surface area (Å²) in [4.78, 5) is 26.0. The fourth-order valence-electron chi connectivity index (χ4n) is 3.67. The van der Waals surface area contributed by atoms with Crippen molar-refractivity contribution in [1.82, 2.24) is 9.21 Å². The van der Waals surface area contributed by atoms with Crippen molar-refractivity contribution in [2.45, 2.75) is 38.0 Å². The molecule has 7 nitrogen and oxygen atoms in total. The van der Waals surface area contributed by atoms with Crippen molar-refractivity contribution in [1.29, 1.82) is 0 Å². The number of carbonyl (C=O) groups is 2. The van der Waals surface area contributed by atoms with E-state index >= 15 is 0 Å². The van der Waals surface area contributed by atoms with Crippen LogP contribution in [0.15, 0.2) is 53.4 Å². The zero-order valence-corrected chi connectivity index (χ0v) is 19.7. The van der Waals surface area contributed by atoms with E-state index in [1.165, 1.54) is 11.2 Å². The van der Waals surface area contributed by atoms with Crippen LogP contribution in [0, 0.1) is 0 Å². The van der Waals surface area contributed by atoms with Crippen LogP contribution in [-0.2, 0) is 14.8 Å². The second kappa shape index (κ2) is 10.4. The predicted octanol–water partition coefficient (Wildman–Crippen LogP) is 3.35. The lowest BCUT2D eigenvalue weighted by Gasteiger charge is -2.33. The van der Waals surface area contributed by atoms with E-state index in [4.69, 9.17) is 0 Å². The number of amides is 1. The molecular formula is C24H31N3O4S. The van der Waals surface area contributed by atoms with Crippen LogP contribution in [0.2, 0.25) is 0 Å². The molecule has 2 aromatic rings. The molecule has 1 aliphatic rings. The van der Waals surface area contributed by atoms with Crippen LogP contribution >= 0.6 is 0 Å². The van der Waals surface area contributed by atoms with Gasteiger partial charge in [-0.05, 0) is 61.2 Å². The largest absolute Gasteiger partial charge is 0.325 e. The number of anilines is 1. The number of nitrogens with zero attached hydrogens (tertiary/aromatic N) is 2. The van der Waals surface area contributed by atoms with Gasteiger partial charge in [0.05, 0.1) is 11.4 Å². The molecule has 0 aromatic heterocycles. The molecule has 1 atom stereocenters. The summed E-state index contributed by atoms with van der Waals surface area (Å²) in [5.41, 5.74) is 2.36. The van der Waals surface area contributed by atoms with Gasteiger partial charge in [0.1, 0.15) is 0 Å². The summed E-state index contributed by atoms with van der Waals surface area (Å²) >= 11 is 0. The molecule has 3 rings (SSSR count). The third-order valence-electron chi connectivity index (χ3n) is 5.97. The Labute approximate surface area is 190 Å². The Morgan fingerprint density at radius 2 is 1.56 bits per heavy atom. The molecule has 0 bridgehead atoms. The van der Waals surface area contributed by atoms with E-state index < -0.39 is 10.0 Å². The third kappa shape index (κ3) is 5.82. The zero-order chi connectivity index (χ0) is 23.3. The van der Waals surface area contributed by atoms with Gasteiger partial charge in [0, 0.05) is 37.4 Å². The van der Waals surface area contributed by atoms with Gasteiger partial charge in [-0.3, -0.25) is 14.5 Å². The van der Waals surface area contributed by atoms with Gasteiger partial charge in [-0.2, -0.15) is 4.31 Å². The quantitative estimate of drug-likeness (QED) is 0.615. The van der Waals surface area contributed by atoms with Gasteiger partial charge in [-0.15, -0.1) is 0 Å². The van der Waals surface area contributed by atoms with Gasteiger partial charge >= 0.3 is 0 Å². The van der Waals surface area contributed by atoms with Gasteiger partial charge in [0.2, 0.25) is 15.9 Å². The second-order valence-corrected chi connectivity index (χ2v) is 10.2. The Morgan fingerprint density at radius 1 is 0.969 bits per heavy atom. The number of hydrogen-bond donors (Lipinski definition) is 1. The summed E-state index contributed by atoms with van der Waals surface area (Å²) in [6, 6.07) is 13.9. The summed E-state index contributed by atoms with van der Waals surface area (Å²) in [7, 11) is -3.54. The number of sulfonamides is 1. The van der Waals surface area contributed by atoms with Crippen LogP contribution in [0.3, 0.4) is 0 Å². The number of carbonyl (C=O) groups excluding carboxylic acids is 2. The smallest absolute Gasteiger partial charge is 0.243 e. The van der Waals surface area contributed by atoms with Crippen molar-refractivity contribution in [2.24, 2.45) is 0 Å². The van der Waals surface area contributed by atoms with Gasteiger partial charge in [0.15, 0.2) is 5.78 Å².